The van der Waals surface area contributed by atoms with Crippen LogP contribution in [0.1, 0.15) is 38.7 Å². The van der Waals surface area contributed by atoms with Gasteiger partial charge in [-0.15, -0.1) is 0 Å². The lowest BCUT2D eigenvalue weighted by Gasteiger charge is -2.37. The van der Waals surface area contributed by atoms with Crippen molar-refractivity contribution in [1.82, 2.24) is 4.98 Å². The van der Waals surface area contributed by atoms with Gasteiger partial charge in [0.05, 0.1) is 5.56 Å². The summed E-state index contributed by atoms with van der Waals surface area (Å²) in [5.74, 6) is 0.581. The highest BCUT2D eigenvalue weighted by Gasteiger charge is 2.30. The number of nitriles is 1. The van der Waals surface area contributed by atoms with Crippen molar-refractivity contribution in [2.75, 3.05) is 5.32 Å². The van der Waals surface area contributed by atoms with E-state index in [1.54, 1.807) is 0 Å². The Labute approximate surface area is 117 Å². The standard InChI is InChI=1S/C14H17ClFN3/c1-8(2)12(9-4-3-5-9)18-14-11(16)6-10(7-17)13(15)19-14/h6,8-9,12H,3-5H2,1-2H3,(H,18,19)/t12-/m0/s1. The van der Waals surface area contributed by atoms with Crippen molar-refractivity contribution in [2.45, 2.75) is 39.2 Å². The number of hydrogen-bond acceptors (Lipinski definition) is 3. The Morgan fingerprint density at radius 2 is 2.21 bits per heavy atom. The van der Waals surface area contributed by atoms with Gasteiger partial charge < -0.3 is 5.32 Å². The highest BCUT2D eigenvalue weighted by molar-refractivity contribution is 6.30. The summed E-state index contributed by atoms with van der Waals surface area (Å²) in [6.07, 6.45) is 3.57. The van der Waals surface area contributed by atoms with Crippen LogP contribution in [0.5, 0.6) is 0 Å². The van der Waals surface area contributed by atoms with Crippen LogP contribution < -0.4 is 5.32 Å². The second-order valence-corrected chi connectivity index (χ2v) is 5.73. The Hall–Kier alpha value is -1.34. The summed E-state index contributed by atoms with van der Waals surface area (Å²) in [6, 6.07) is 3.15. The molecule has 0 aliphatic heterocycles. The van der Waals surface area contributed by atoms with Gasteiger partial charge in [0.1, 0.15) is 11.2 Å². The molecule has 1 saturated carbocycles. The highest BCUT2D eigenvalue weighted by atomic mass is 35.5. The third-order valence-corrected chi connectivity index (χ3v) is 4.02. The van der Waals surface area contributed by atoms with Crippen molar-refractivity contribution in [2.24, 2.45) is 11.8 Å². The van der Waals surface area contributed by atoms with E-state index in [0.717, 1.165) is 6.07 Å². The minimum atomic E-state index is -0.522. The third kappa shape index (κ3) is 2.98. The van der Waals surface area contributed by atoms with Crippen molar-refractivity contribution >= 4 is 17.4 Å². The molecule has 102 valence electrons. The van der Waals surface area contributed by atoms with Crippen LogP contribution in [0.4, 0.5) is 10.2 Å². The molecule has 1 aliphatic carbocycles. The van der Waals surface area contributed by atoms with Crippen LogP contribution in [0.15, 0.2) is 6.07 Å². The molecule has 1 aliphatic rings. The summed E-state index contributed by atoms with van der Waals surface area (Å²) in [7, 11) is 0. The Morgan fingerprint density at radius 1 is 1.53 bits per heavy atom. The normalized spacial score (nSPS) is 16.8. The van der Waals surface area contributed by atoms with E-state index in [9.17, 15) is 4.39 Å². The topological polar surface area (TPSA) is 48.7 Å². The number of halogens is 2. The third-order valence-electron chi connectivity index (χ3n) is 3.73. The molecule has 3 nitrogen and oxygen atoms in total. The van der Waals surface area contributed by atoms with E-state index in [4.69, 9.17) is 16.9 Å². The first kappa shape index (κ1) is 14.1. The molecule has 0 aromatic carbocycles. The molecule has 0 bridgehead atoms. The van der Waals surface area contributed by atoms with Gasteiger partial charge in [-0.2, -0.15) is 5.26 Å². The van der Waals surface area contributed by atoms with E-state index in [1.165, 1.54) is 19.3 Å². The van der Waals surface area contributed by atoms with Crippen molar-refractivity contribution in [3.8, 4) is 6.07 Å². The molecular weight excluding hydrogens is 265 g/mol. The first-order valence-corrected chi connectivity index (χ1v) is 6.93. The zero-order valence-corrected chi connectivity index (χ0v) is 11.8. The molecule has 1 N–H and O–H groups in total. The number of nitrogens with zero attached hydrogens (tertiary/aromatic N) is 2. The van der Waals surface area contributed by atoms with Gasteiger partial charge in [0, 0.05) is 6.04 Å². The Morgan fingerprint density at radius 3 is 2.68 bits per heavy atom. The lowest BCUT2D eigenvalue weighted by molar-refractivity contribution is 0.237. The second-order valence-electron chi connectivity index (χ2n) is 5.37. The molecule has 0 spiro atoms. The maximum Gasteiger partial charge on any atom is 0.166 e. The first-order chi connectivity index (χ1) is 9.02. The maximum absolute atomic E-state index is 13.9. The maximum atomic E-state index is 13.9. The smallest absolute Gasteiger partial charge is 0.166 e. The number of hydrogen-bond donors (Lipinski definition) is 1. The van der Waals surface area contributed by atoms with E-state index in [0.29, 0.717) is 11.8 Å². The van der Waals surface area contributed by atoms with Gasteiger partial charge in [0.25, 0.3) is 0 Å². The van der Waals surface area contributed by atoms with E-state index in [-0.39, 0.29) is 22.6 Å². The molecule has 19 heavy (non-hydrogen) atoms. The molecule has 1 fully saturated rings. The minimum Gasteiger partial charge on any atom is -0.364 e. The van der Waals surface area contributed by atoms with Crippen LogP contribution in [-0.2, 0) is 0 Å². The predicted octanol–water partition coefficient (Wildman–Crippen LogP) is 3.98. The number of pyridine rings is 1. The van der Waals surface area contributed by atoms with Crippen molar-refractivity contribution in [3.05, 3.63) is 22.6 Å². The van der Waals surface area contributed by atoms with Crippen molar-refractivity contribution in [3.63, 3.8) is 0 Å². The summed E-state index contributed by atoms with van der Waals surface area (Å²) < 4.78 is 13.9. The largest absolute Gasteiger partial charge is 0.364 e. The molecule has 2 rings (SSSR count). The molecule has 0 radical (unpaired) electrons. The molecule has 1 atom stereocenters. The van der Waals surface area contributed by atoms with Crippen LogP contribution in [-0.4, -0.2) is 11.0 Å². The van der Waals surface area contributed by atoms with Gasteiger partial charge >= 0.3 is 0 Å². The van der Waals surface area contributed by atoms with E-state index < -0.39 is 5.82 Å². The van der Waals surface area contributed by atoms with Gasteiger partial charge in [-0.3, -0.25) is 0 Å². The molecular formula is C14H17ClFN3. The van der Waals surface area contributed by atoms with Gasteiger partial charge in [0.15, 0.2) is 11.6 Å². The second kappa shape index (κ2) is 5.75. The fourth-order valence-corrected chi connectivity index (χ4v) is 2.61. The molecule has 0 unspecified atom stereocenters. The number of anilines is 1. The van der Waals surface area contributed by atoms with Crippen molar-refractivity contribution < 1.29 is 4.39 Å². The summed E-state index contributed by atoms with van der Waals surface area (Å²) in [6.45, 7) is 4.22. The van der Waals surface area contributed by atoms with Gasteiger partial charge in [0.2, 0.25) is 0 Å². The predicted molar refractivity (Wildman–Crippen MR) is 73.5 cm³/mol. The molecule has 1 heterocycles. The zero-order chi connectivity index (χ0) is 14.0. The lowest BCUT2D eigenvalue weighted by atomic mass is 9.76. The summed E-state index contributed by atoms with van der Waals surface area (Å²) in [5.41, 5.74) is 0.0643. The van der Waals surface area contributed by atoms with Crippen LogP contribution in [0.2, 0.25) is 5.15 Å². The highest BCUT2D eigenvalue weighted by Crippen LogP contribution is 2.34. The Kier molecular flexibility index (Phi) is 4.26. The molecule has 0 saturated heterocycles. The number of nitrogens with one attached hydrogen (secondary N) is 1. The van der Waals surface area contributed by atoms with Gasteiger partial charge in [-0.25, -0.2) is 9.37 Å². The molecule has 0 amide bonds. The average molecular weight is 282 g/mol. The van der Waals surface area contributed by atoms with Crippen LogP contribution in [0.3, 0.4) is 0 Å². The van der Waals surface area contributed by atoms with E-state index >= 15 is 0 Å². The minimum absolute atomic E-state index is 0.0440. The summed E-state index contributed by atoms with van der Waals surface area (Å²) in [4.78, 5) is 3.96. The monoisotopic (exact) mass is 281 g/mol. The quantitative estimate of drug-likeness (QED) is 0.849. The fraction of sp³-hybridized carbons (Fsp3) is 0.571. The fourth-order valence-electron chi connectivity index (χ4n) is 2.43. The molecule has 1 aromatic rings. The van der Waals surface area contributed by atoms with Gasteiger partial charge in [-0.1, -0.05) is 31.9 Å². The van der Waals surface area contributed by atoms with Crippen LogP contribution in [0, 0.1) is 29.0 Å². The van der Waals surface area contributed by atoms with Crippen LogP contribution >= 0.6 is 11.6 Å². The Bertz CT molecular complexity index is 506. The lowest BCUT2D eigenvalue weighted by Crippen LogP contribution is -2.38. The first-order valence-electron chi connectivity index (χ1n) is 6.55. The molecule has 5 heteroatoms. The Balaban J connectivity index is 2.22. The average Bonchev–Trinajstić information content (AvgIpc) is 2.29. The summed E-state index contributed by atoms with van der Waals surface area (Å²) in [5, 5.41) is 12.0. The SMILES string of the molecule is CC(C)[C@H](Nc1nc(Cl)c(C#N)cc1F)C1CCC1. The van der Waals surface area contributed by atoms with E-state index in [1.807, 2.05) is 6.07 Å². The number of aromatic nitrogens is 1. The van der Waals surface area contributed by atoms with Crippen molar-refractivity contribution in [1.29, 1.82) is 5.26 Å². The summed E-state index contributed by atoms with van der Waals surface area (Å²) >= 11 is 5.85. The zero-order valence-electron chi connectivity index (χ0n) is 11.1. The molecule has 1 aromatic heterocycles. The number of rotatable bonds is 4. The van der Waals surface area contributed by atoms with Crippen LogP contribution in [0.25, 0.3) is 0 Å². The van der Waals surface area contributed by atoms with E-state index in [2.05, 4.69) is 24.1 Å². The van der Waals surface area contributed by atoms with Gasteiger partial charge in [-0.05, 0) is 30.7 Å².